The Morgan fingerprint density at radius 2 is 1.95 bits per heavy atom. The molecule has 0 saturated heterocycles. The number of aliphatic imine (C=N–C) groups is 1. The van der Waals surface area contributed by atoms with Gasteiger partial charge in [-0.2, -0.15) is 0 Å². The molecule has 1 heterocycles. The van der Waals surface area contributed by atoms with E-state index in [0.29, 0.717) is 19.0 Å². The number of guanidine groups is 1. The molecule has 2 rings (SSSR count). The second-order valence-electron chi connectivity index (χ2n) is 5.10. The molecule has 0 fully saturated rings. The molecule has 0 aliphatic carbocycles. The van der Waals surface area contributed by atoms with E-state index in [-0.39, 0.29) is 0 Å². The van der Waals surface area contributed by atoms with Crippen molar-refractivity contribution in [3.05, 3.63) is 51.1 Å². The molecule has 0 atom stereocenters. The lowest BCUT2D eigenvalue weighted by Gasteiger charge is -2.12. The Labute approximate surface area is 139 Å². The van der Waals surface area contributed by atoms with Gasteiger partial charge in [-0.05, 0) is 44.0 Å². The first-order valence-corrected chi connectivity index (χ1v) is 7.91. The van der Waals surface area contributed by atoms with E-state index in [1.807, 2.05) is 19.9 Å². The van der Waals surface area contributed by atoms with Gasteiger partial charge < -0.3 is 15.1 Å². The van der Waals surface area contributed by atoms with Crippen LogP contribution in [-0.4, -0.2) is 18.0 Å². The van der Waals surface area contributed by atoms with Crippen LogP contribution >= 0.6 is 15.9 Å². The third kappa shape index (κ3) is 4.34. The van der Waals surface area contributed by atoms with Crippen molar-refractivity contribution in [3.63, 3.8) is 0 Å². The fourth-order valence-electron chi connectivity index (χ4n) is 2.03. The molecule has 0 bridgehead atoms. The summed E-state index contributed by atoms with van der Waals surface area (Å²) in [7, 11) is 1.75. The van der Waals surface area contributed by atoms with E-state index in [0.717, 1.165) is 21.9 Å². The Kier molecular flexibility index (Phi) is 5.60. The zero-order valence-corrected chi connectivity index (χ0v) is 14.9. The zero-order valence-electron chi connectivity index (χ0n) is 13.3. The Bertz CT molecular complexity index is 659. The molecular weight excluding hydrogens is 344 g/mol. The smallest absolute Gasteiger partial charge is 0.214 e. The average molecular weight is 365 g/mol. The topological polar surface area (TPSA) is 62.5 Å². The van der Waals surface area contributed by atoms with E-state index in [2.05, 4.69) is 55.6 Å². The first kappa shape index (κ1) is 16.5. The first-order valence-electron chi connectivity index (χ1n) is 7.12. The van der Waals surface area contributed by atoms with Crippen LogP contribution in [0.1, 0.15) is 28.5 Å². The third-order valence-electron chi connectivity index (χ3n) is 3.45. The largest absolute Gasteiger partial charge is 0.444 e. The van der Waals surface area contributed by atoms with Crippen LogP contribution in [0, 0.1) is 20.8 Å². The van der Waals surface area contributed by atoms with Gasteiger partial charge >= 0.3 is 0 Å². The Balaban J connectivity index is 1.90. The van der Waals surface area contributed by atoms with Gasteiger partial charge in [0.05, 0.1) is 12.2 Å². The lowest BCUT2D eigenvalue weighted by Crippen LogP contribution is -2.36. The number of aryl methyl sites for hydroxylation is 3. The fraction of sp³-hybridized carbons (Fsp3) is 0.375. The van der Waals surface area contributed by atoms with Crippen LogP contribution in [0.25, 0.3) is 0 Å². The zero-order chi connectivity index (χ0) is 16.1. The van der Waals surface area contributed by atoms with Crippen LogP contribution in [0.15, 0.2) is 32.1 Å². The van der Waals surface area contributed by atoms with Crippen LogP contribution in [0.4, 0.5) is 0 Å². The number of aromatic nitrogens is 1. The molecule has 22 heavy (non-hydrogen) atoms. The Hall–Kier alpha value is -1.82. The summed E-state index contributed by atoms with van der Waals surface area (Å²) in [5.41, 5.74) is 3.38. The Morgan fingerprint density at radius 3 is 2.55 bits per heavy atom. The maximum absolute atomic E-state index is 5.54. The predicted molar refractivity (Wildman–Crippen MR) is 91.9 cm³/mol. The van der Waals surface area contributed by atoms with E-state index >= 15 is 0 Å². The predicted octanol–water partition coefficient (Wildman–Crippen LogP) is 3.23. The minimum absolute atomic E-state index is 0.508. The molecule has 0 aliphatic heterocycles. The second-order valence-corrected chi connectivity index (χ2v) is 6.02. The summed E-state index contributed by atoms with van der Waals surface area (Å²) >= 11 is 3.47. The van der Waals surface area contributed by atoms with Gasteiger partial charge in [0.25, 0.3) is 0 Å². The molecule has 6 heteroatoms. The van der Waals surface area contributed by atoms with Gasteiger partial charge in [-0.1, -0.05) is 22.0 Å². The summed E-state index contributed by atoms with van der Waals surface area (Å²) in [5.74, 6) is 2.24. The highest BCUT2D eigenvalue weighted by atomic mass is 79.9. The number of nitrogens with one attached hydrogen (secondary N) is 2. The van der Waals surface area contributed by atoms with Gasteiger partial charge in [-0.25, -0.2) is 4.98 Å². The van der Waals surface area contributed by atoms with Crippen LogP contribution in [0.3, 0.4) is 0 Å². The van der Waals surface area contributed by atoms with E-state index in [4.69, 9.17) is 4.42 Å². The van der Waals surface area contributed by atoms with Crippen molar-refractivity contribution < 1.29 is 4.42 Å². The molecule has 1 aromatic heterocycles. The summed E-state index contributed by atoms with van der Waals surface area (Å²) in [6.07, 6.45) is 0. The number of rotatable bonds is 4. The maximum atomic E-state index is 5.54. The van der Waals surface area contributed by atoms with Crippen LogP contribution in [0.2, 0.25) is 0 Å². The van der Waals surface area contributed by atoms with Gasteiger partial charge in [0.15, 0.2) is 5.96 Å². The maximum Gasteiger partial charge on any atom is 0.214 e. The van der Waals surface area contributed by atoms with Crippen molar-refractivity contribution in [2.45, 2.75) is 33.9 Å². The minimum Gasteiger partial charge on any atom is -0.444 e. The van der Waals surface area contributed by atoms with Crippen molar-refractivity contribution in [1.82, 2.24) is 15.6 Å². The molecule has 0 spiro atoms. The third-order valence-corrected chi connectivity index (χ3v) is 3.95. The summed E-state index contributed by atoms with van der Waals surface area (Å²) in [6.45, 7) is 7.16. The van der Waals surface area contributed by atoms with Gasteiger partial charge in [-0.3, -0.25) is 4.99 Å². The summed E-state index contributed by atoms with van der Waals surface area (Å²) in [4.78, 5) is 8.55. The molecule has 0 aliphatic rings. The number of benzene rings is 1. The monoisotopic (exact) mass is 364 g/mol. The highest BCUT2D eigenvalue weighted by molar-refractivity contribution is 9.10. The first-order chi connectivity index (χ1) is 10.5. The number of oxazole rings is 1. The molecule has 5 nitrogen and oxygen atoms in total. The van der Waals surface area contributed by atoms with Crippen LogP contribution < -0.4 is 10.6 Å². The van der Waals surface area contributed by atoms with E-state index in [1.54, 1.807) is 7.05 Å². The standard InChI is InChI=1S/C16H21BrN4O/c1-10-7-14(17)6-5-13(10)8-19-16(18-4)20-9-15-21-11(2)12(3)22-15/h5-7H,8-9H2,1-4H3,(H2,18,19,20). The van der Waals surface area contributed by atoms with Crippen molar-refractivity contribution >= 4 is 21.9 Å². The molecule has 0 unspecified atom stereocenters. The molecular formula is C16H21BrN4O. The lowest BCUT2D eigenvalue weighted by molar-refractivity contribution is 0.463. The normalized spacial score (nSPS) is 11.6. The molecule has 1 aromatic carbocycles. The molecule has 2 aromatic rings. The van der Waals surface area contributed by atoms with Crippen molar-refractivity contribution in [3.8, 4) is 0 Å². The summed E-state index contributed by atoms with van der Waals surface area (Å²) in [5, 5.41) is 6.49. The lowest BCUT2D eigenvalue weighted by atomic mass is 10.1. The van der Waals surface area contributed by atoms with Gasteiger partial charge in [0.1, 0.15) is 5.76 Å². The Morgan fingerprint density at radius 1 is 1.23 bits per heavy atom. The van der Waals surface area contributed by atoms with Crippen molar-refractivity contribution in [1.29, 1.82) is 0 Å². The van der Waals surface area contributed by atoms with E-state index in [1.165, 1.54) is 11.1 Å². The van der Waals surface area contributed by atoms with Crippen molar-refractivity contribution in [2.24, 2.45) is 4.99 Å². The van der Waals surface area contributed by atoms with Crippen molar-refractivity contribution in [2.75, 3.05) is 7.05 Å². The van der Waals surface area contributed by atoms with Gasteiger partial charge in [0, 0.05) is 18.1 Å². The number of nitrogens with zero attached hydrogens (tertiary/aromatic N) is 2. The summed E-state index contributed by atoms with van der Waals surface area (Å²) in [6, 6.07) is 6.24. The quantitative estimate of drug-likeness (QED) is 0.645. The fourth-order valence-corrected chi connectivity index (χ4v) is 2.51. The van der Waals surface area contributed by atoms with Crippen LogP contribution in [-0.2, 0) is 13.1 Å². The molecule has 118 valence electrons. The summed E-state index contributed by atoms with van der Waals surface area (Å²) < 4.78 is 6.63. The van der Waals surface area contributed by atoms with Crippen LogP contribution in [0.5, 0.6) is 0 Å². The molecule has 0 radical (unpaired) electrons. The SMILES string of the molecule is CN=C(NCc1nc(C)c(C)o1)NCc1ccc(Br)cc1C. The van der Waals surface area contributed by atoms with Gasteiger partial charge in [0.2, 0.25) is 5.89 Å². The van der Waals surface area contributed by atoms with E-state index in [9.17, 15) is 0 Å². The number of hydrogen-bond acceptors (Lipinski definition) is 3. The molecule has 2 N–H and O–H groups in total. The number of hydrogen-bond donors (Lipinski definition) is 2. The minimum atomic E-state index is 0.508. The highest BCUT2D eigenvalue weighted by Gasteiger charge is 2.07. The second kappa shape index (κ2) is 7.45. The molecule has 0 saturated carbocycles. The molecule has 0 amide bonds. The van der Waals surface area contributed by atoms with Gasteiger partial charge in [-0.15, -0.1) is 0 Å². The van der Waals surface area contributed by atoms with E-state index < -0.39 is 0 Å². The number of halogens is 1. The highest BCUT2D eigenvalue weighted by Crippen LogP contribution is 2.15. The average Bonchev–Trinajstić information content (AvgIpc) is 2.79.